The molecule has 29 heteroatoms. The maximum Gasteiger partial charge on any atom is 0.296 e. The number of aryl methyl sites for hydroxylation is 5. The molecule has 0 spiro atoms. The van der Waals surface area contributed by atoms with E-state index in [0.717, 1.165) is 11.6 Å². The van der Waals surface area contributed by atoms with Crippen molar-refractivity contribution in [3.63, 3.8) is 0 Å². The van der Waals surface area contributed by atoms with Crippen LogP contribution < -0.4 is 4.74 Å². The molecule has 81 heavy (non-hydrogen) atoms. The topological polar surface area (TPSA) is 377 Å². The van der Waals surface area contributed by atoms with Crippen LogP contribution in [0.1, 0.15) is 34.2 Å². The summed E-state index contributed by atoms with van der Waals surface area (Å²) in [6, 6.07) is 28.3. The number of hydrogen-bond donors (Lipinski definition) is 5. The minimum atomic E-state index is -4.93. The molecule has 0 saturated carbocycles. The summed E-state index contributed by atoms with van der Waals surface area (Å²) in [6.45, 7) is 8.84. The van der Waals surface area contributed by atoms with E-state index in [1.165, 1.54) is 47.3 Å². The van der Waals surface area contributed by atoms with E-state index in [2.05, 4.69) is 51.1 Å². The first-order chi connectivity index (χ1) is 38.1. The van der Waals surface area contributed by atoms with E-state index in [4.69, 9.17) is 4.74 Å². The number of aromatic nitrogens is 3. The number of phenols is 1. The number of hydrogen-bond acceptors (Lipinski definition) is 20. The van der Waals surface area contributed by atoms with Gasteiger partial charge in [0.1, 0.15) is 43.6 Å². The minimum Gasteiger partial charge on any atom is -0.505 e. The third kappa shape index (κ3) is 12.8. The highest BCUT2D eigenvalue weighted by atomic mass is 32.2. The van der Waals surface area contributed by atoms with Crippen molar-refractivity contribution in [3.05, 3.63) is 143 Å². The maximum absolute atomic E-state index is 12.2. The fraction of sp³-hybridized carbons (Fsp3) is 0.154. The number of fused-ring (bicyclic) bond motifs is 4. The van der Waals surface area contributed by atoms with Crippen LogP contribution in [0.5, 0.6) is 11.5 Å². The Hall–Kier alpha value is -8.68. The molecule has 1 aromatic heterocycles. The number of benzene rings is 8. The first-order valence-electron chi connectivity index (χ1n) is 23.8. The molecule has 0 radical (unpaired) electrons. The minimum absolute atomic E-state index is 0.00850. The van der Waals surface area contributed by atoms with Gasteiger partial charge in [-0.05, 0) is 159 Å². The van der Waals surface area contributed by atoms with Gasteiger partial charge in [0.2, 0.25) is 0 Å². The predicted molar refractivity (Wildman–Crippen MR) is 298 cm³/mol. The third-order valence-corrected chi connectivity index (χ3v) is 15.9. The molecule has 416 valence electrons. The second-order valence-electron chi connectivity index (χ2n) is 18.4. The summed E-state index contributed by atoms with van der Waals surface area (Å²) in [7, 11) is -18.7. The molecule has 9 rings (SSSR count). The highest BCUT2D eigenvalue weighted by molar-refractivity contribution is 7.87. The SMILES string of the molecule is Cc1cc(N=Nc2cc(C)c(N=Nc3ccccc3S(=O)(=O)O)cc2OCCCS(=O)(=O)O)c(C)cc1N=Nc1cc(C)c(N=Nc2ccc3cc(-n4nc5ccc6c(S(=O)(=O)O)cc(S(=O)(=O)O)cc6c5n4)ccc3c2O)cc1C. The molecule has 8 aromatic carbocycles. The second kappa shape index (κ2) is 22.1. The van der Waals surface area contributed by atoms with Crippen LogP contribution in [0.25, 0.3) is 38.3 Å². The van der Waals surface area contributed by atoms with Crippen LogP contribution in [0.4, 0.5) is 45.5 Å². The van der Waals surface area contributed by atoms with Crippen molar-refractivity contribution in [1.29, 1.82) is 0 Å². The van der Waals surface area contributed by atoms with E-state index in [9.17, 15) is 57.0 Å². The lowest BCUT2D eigenvalue weighted by Crippen LogP contribution is -2.08. The average Bonchev–Trinajstić information content (AvgIpc) is 4.14. The lowest BCUT2D eigenvalue weighted by atomic mass is 10.1. The van der Waals surface area contributed by atoms with Crippen molar-refractivity contribution in [3.8, 4) is 17.2 Å². The van der Waals surface area contributed by atoms with Gasteiger partial charge in [0.25, 0.3) is 40.5 Å². The van der Waals surface area contributed by atoms with Crippen LogP contribution in [-0.2, 0) is 40.5 Å². The fourth-order valence-electron chi connectivity index (χ4n) is 8.30. The van der Waals surface area contributed by atoms with Crippen molar-refractivity contribution in [1.82, 2.24) is 15.0 Å². The molecule has 5 N–H and O–H groups in total. The van der Waals surface area contributed by atoms with Gasteiger partial charge in [0.05, 0.1) is 51.4 Å². The molecular weight excluding hydrogens is 1130 g/mol. The molecule has 0 aliphatic rings. The Bertz CT molecular complexity index is 4680. The summed E-state index contributed by atoms with van der Waals surface area (Å²) in [6.07, 6.45) is -0.0607. The molecule has 9 aromatic rings. The van der Waals surface area contributed by atoms with E-state index in [-0.39, 0.29) is 69.1 Å². The van der Waals surface area contributed by atoms with Gasteiger partial charge in [0.15, 0.2) is 5.75 Å². The van der Waals surface area contributed by atoms with Crippen molar-refractivity contribution < 1.29 is 61.7 Å². The lowest BCUT2D eigenvalue weighted by Gasteiger charge is -2.11. The van der Waals surface area contributed by atoms with Crippen molar-refractivity contribution in [2.75, 3.05) is 12.4 Å². The molecule has 0 aliphatic heterocycles. The molecule has 0 fully saturated rings. The van der Waals surface area contributed by atoms with Gasteiger partial charge < -0.3 is 9.84 Å². The molecule has 0 saturated heterocycles. The largest absolute Gasteiger partial charge is 0.505 e. The first-order valence-corrected chi connectivity index (χ1v) is 29.8. The van der Waals surface area contributed by atoms with Gasteiger partial charge >= 0.3 is 0 Å². The number of nitrogens with zero attached hydrogens (tertiary/aromatic N) is 11. The van der Waals surface area contributed by atoms with Gasteiger partial charge in [-0.15, -0.1) is 25.5 Å². The van der Waals surface area contributed by atoms with E-state index < -0.39 is 60.9 Å². The normalized spacial score (nSPS) is 12.9. The highest BCUT2D eigenvalue weighted by Crippen LogP contribution is 2.41. The average molecular weight is 1180 g/mol. The van der Waals surface area contributed by atoms with Gasteiger partial charge in [-0.1, -0.05) is 24.3 Å². The summed E-state index contributed by atoms with van der Waals surface area (Å²) in [5.41, 5.74) is 6.71. The van der Waals surface area contributed by atoms with Crippen LogP contribution in [0.15, 0.2) is 171 Å². The fourth-order valence-corrected chi connectivity index (χ4v) is 10.8. The summed E-state index contributed by atoms with van der Waals surface area (Å²) < 4.78 is 139. The zero-order valence-corrected chi connectivity index (χ0v) is 46.3. The summed E-state index contributed by atoms with van der Waals surface area (Å²) >= 11 is 0. The van der Waals surface area contributed by atoms with E-state index >= 15 is 0 Å². The molecule has 0 unspecified atom stereocenters. The number of phenolic OH excluding ortho intramolecular Hbond substituents is 1. The van der Waals surface area contributed by atoms with Crippen LogP contribution >= 0.6 is 0 Å². The van der Waals surface area contributed by atoms with E-state index in [1.807, 2.05) is 27.7 Å². The van der Waals surface area contributed by atoms with Gasteiger partial charge in [-0.2, -0.15) is 64.0 Å². The molecule has 0 amide bonds. The summed E-state index contributed by atoms with van der Waals surface area (Å²) in [5.74, 6) is -0.590. The molecule has 0 aliphatic carbocycles. The van der Waals surface area contributed by atoms with Crippen molar-refractivity contribution >= 4 is 119 Å². The van der Waals surface area contributed by atoms with Crippen LogP contribution in [0.2, 0.25) is 0 Å². The Kier molecular flexibility index (Phi) is 15.6. The Labute approximate surface area is 462 Å². The number of ether oxygens (including phenoxy) is 1. The molecule has 25 nitrogen and oxygen atoms in total. The van der Waals surface area contributed by atoms with Crippen molar-refractivity contribution in [2.24, 2.45) is 40.9 Å². The number of azo groups is 4. The monoisotopic (exact) mass is 1180 g/mol. The van der Waals surface area contributed by atoms with E-state index in [1.54, 1.807) is 67.6 Å². The third-order valence-electron chi connectivity index (χ3n) is 12.5. The Morgan fingerprint density at radius 1 is 0.469 bits per heavy atom. The summed E-state index contributed by atoms with van der Waals surface area (Å²) in [5, 5.41) is 56.2. The number of rotatable bonds is 17. The quantitative estimate of drug-likeness (QED) is 0.0321. The summed E-state index contributed by atoms with van der Waals surface area (Å²) in [4.78, 5) is -0.726. The Morgan fingerprint density at radius 2 is 0.975 bits per heavy atom. The zero-order valence-electron chi connectivity index (χ0n) is 43.1. The molecule has 0 bridgehead atoms. The zero-order chi connectivity index (χ0) is 58.3. The highest BCUT2D eigenvalue weighted by Gasteiger charge is 2.24. The van der Waals surface area contributed by atoms with Crippen LogP contribution in [0.3, 0.4) is 0 Å². The van der Waals surface area contributed by atoms with E-state index in [0.29, 0.717) is 67.5 Å². The second-order valence-corrected chi connectivity index (χ2v) is 24.2. The van der Waals surface area contributed by atoms with Gasteiger partial charge in [-0.3, -0.25) is 18.2 Å². The molecular formula is C52H45N11O14S4. The molecule has 0 atom stereocenters. The van der Waals surface area contributed by atoms with Gasteiger partial charge in [-0.25, -0.2) is 0 Å². The van der Waals surface area contributed by atoms with Gasteiger partial charge in [0, 0.05) is 22.2 Å². The Balaban J connectivity index is 0.916. The maximum atomic E-state index is 12.2. The standard InChI is InChI=1S/C52H45N11O14S4/c1-28-20-43(56-57-44-21-31(4)45(22-30(44)3)58-60-47-23-32(5)46(27-48(47)77-17-8-18-78(65,66)67)59-53-39-9-6-7-10-49(39)80(71,72)73)29(2)19-42(28)55-54-41-15-11-33-24-34(12-13-36(33)52(41)64)63-61-40-16-14-37-38(51(40)62-63)25-35(79(68,69)70)26-50(37)81(74,75)76/h6-7,9-16,19-27,64H,8,17-18H2,1-5H3,(H,65,66,67)(H,68,69,70)(H,71,72,73)(H,74,75,76). The molecule has 1 heterocycles. The van der Waals surface area contributed by atoms with Crippen LogP contribution in [-0.4, -0.2) is 84.3 Å². The first kappa shape index (κ1) is 57.0. The van der Waals surface area contributed by atoms with Crippen molar-refractivity contribution in [2.45, 2.75) is 55.7 Å². The number of aromatic hydroxyl groups is 1. The van der Waals surface area contributed by atoms with Crippen LogP contribution in [0, 0.1) is 34.6 Å². The smallest absolute Gasteiger partial charge is 0.296 e. The lowest BCUT2D eigenvalue weighted by molar-refractivity contribution is 0.317. The predicted octanol–water partition coefficient (Wildman–Crippen LogP) is 13.0. The Morgan fingerprint density at radius 3 is 1.53 bits per heavy atom.